The van der Waals surface area contributed by atoms with Crippen LogP contribution in [0, 0.1) is 11.3 Å². The second-order valence-corrected chi connectivity index (χ2v) is 6.83. The van der Waals surface area contributed by atoms with Gasteiger partial charge >= 0.3 is 11.6 Å². The van der Waals surface area contributed by atoms with Crippen molar-refractivity contribution in [2.75, 3.05) is 5.32 Å². The number of carbonyl (C=O) groups excluding carboxylic acids is 2. The van der Waals surface area contributed by atoms with Crippen LogP contribution in [0.25, 0.3) is 11.0 Å². The van der Waals surface area contributed by atoms with Crippen LogP contribution < -0.4 is 10.9 Å². The number of nitrogens with zero attached hydrogens (tertiary/aromatic N) is 1. The van der Waals surface area contributed by atoms with Crippen molar-refractivity contribution in [1.82, 2.24) is 0 Å². The van der Waals surface area contributed by atoms with E-state index < -0.39 is 17.5 Å². The molecule has 0 saturated carbocycles. The predicted octanol–water partition coefficient (Wildman–Crippen LogP) is 4.22. The minimum Gasteiger partial charge on any atom is -0.457 e. The largest absolute Gasteiger partial charge is 0.457 e. The fourth-order valence-electron chi connectivity index (χ4n) is 2.87. The van der Waals surface area contributed by atoms with Crippen molar-refractivity contribution in [2.45, 2.75) is 26.4 Å². The van der Waals surface area contributed by atoms with E-state index in [2.05, 4.69) is 5.32 Å². The standard InChI is InChI=1S/C22H17ClN2O5/c1-2-13-9-19-17(11-18(13)23)15(10-21(27)30-19)12-29-22(28)14-3-5-16(6-4-14)25-20(26)7-8-24/h3-6,9-11H,2,7,12H2,1H3,(H,25,26). The van der Waals surface area contributed by atoms with Gasteiger partial charge in [-0.25, -0.2) is 9.59 Å². The Balaban J connectivity index is 1.75. The third-order valence-corrected chi connectivity index (χ3v) is 4.73. The minimum atomic E-state index is -0.595. The topological polar surface area (TPSA) is 109 Å². The molecule has 8 heteroatoms. The molecule has 0 fully saturated rings. The summed E-state index contributed by atoms with van der Waals surface area (Å²) in [6, 6.07) is 12.5. The highest BCUT2D eigenvalue weighted by Crippen LogP contribution is 2.26. The van der Waals surface area contributed by atoms with Gasteiger partial charge in [-0.15, -0.1) is 0 Å². The summed E-state index contributed by atoms with van der Waals surface area (Å²) in [5.74, 6) is -1.03. The summed E-state index contributed by atoms with van der Waals surface area (Å²) in [4.78, 5) is 35.7. The van der Waals surface area contributed by atoms with E-state index in [0.717, 1.165) is 5.56 Å². The van der Waals surface area contributed by atoms with Crippen LogP contribution in [-0.4, -0.2) is 11.9 Å². The Morgan fingerprint density at radius 2 is 1.90 bits per heavy atom. The highest BCUT2D eigenvalue weighted by Gasteiger charge is 2.13. The van der Waals surface area contributed by atoms with Crippen molar-refractivity contribution < 1.29 is 18.7 Å². The van der Waals surface area contributed by atoms with Gasteiger partial charge in [0.2, 0.25) is 5.91 Å². The lowest BCUT2D eigenvalue weighted by molar-refractivity contribution is -0.115. The number of nitriles is 1. The average molecular weight is 425 g/mol. The second kappa shape index (κ2) is 9.25. The fourth-order valence-corrected chi connectivity index (χ4v) is 3.17. The molecule has 0 radical (unpaired) electrons. The van der Waals surface area contributed by atoms with Crippen LogP contribution in [0.3, 0.4) is 0 Å². The Morgan fingerprint density at radius 1 is 1.17 bits per heavy atom. The maximum Gasteiger partial charge on any atom is 0.338 e. The van der Waals surface area contributed by atoms with E-state index in [9.17, 15) is 14.4 Å². The third kappa shape index (κ3) is 4.85. The zero-order valence-electron chi connectivity index (χ0n) is 16.0. The number of fused-ring (bicyclic) bond motifs is 1. The number of hydrogen-bond acceptors (Lipinski definition) is 6. The van der Waals surface area contributed by atoms with Crippen LogP contribution in [-0.2, 0) is 22.6 Å². The Hall–Kier alpha value is -3.63. The molecule has 1 amide bonds. The Labute approximate surface area is 176 Å². The summed E-state index contributed by atoms with van der Waals surface area (Å²) in [5, 5.41) is 12.2. The molecular weight excluding hydrogens is 408 g/mol. The van der Waals surface area contributed by atoms with Gasteiger partial charge in [-0.1, -0.05) is 18.5 Å². The van der Waals surface area contributed by atoms with Gasteiger partial charge in [0.15, 0.2) is 0 Å². The highest BCUT2D eigenvalue weighted by molar-refractivity contribution is 6.32. The van der Waals surface area contributed by atoms with Gasteiger partial charge < -0.3 is 14.5 Å². The molecule has 0 bridgehead atoms. The first-order chi connectivity index (χ1) is 14.4. The number of esters is 1. The van der Waals surface area contributed by atoms with Gasteiger partial charge in [0.05, 0.1) is 11.6 Å². The molecule has 7 nitrogen and oxygen atoms in total. The third-order valence-electron chi connectivity index (χ3n) is 4.38. The molecule has 0 saturated heterocycles. The number of carbonyl (C=O) groups is 2. The van der Waals surface area contributed by atoms with Crippen molar-refractivity contribution in [3.05, 3.63) is 74.6 Å². The predicted molar refractivity (Wildman–Crippen MR) is 111 cm³/mol. The van der Waals surface area contributed by atoms with Crippen molar-refractivity contribution in [3.63, 3.8) is 0 Å². The number of hydrogen-bond donors (Lipinski definition) is 1. The summed E-state index contributed by atoms with van der Waals surface area (Å²) in [5.41, 5.74) is 1.90. The van der Waals surface area contributed by atoms with Crippen molar-refractivity contribution in [2.24, 2.45) is 0 Å². The molecule has 0 aliphatic heterocycles. The smallest absolute Gasteiger partial charge is 0.338 e. The lowest BCUT2D eigenvalue weighted by atomic mass is 10.1. The Bertz CT molecular complexity index is 1210. The lowest BCUT2D eigenvalue weighted by Gasteiger charge is -2.10. The first-order valence-electron chi connectivity index (χ1n) is 9.10. The number of ether oxygens (including phenoxy) is 1. The summed E-state index contributed by atoms with van der Waals surface area (Å²) < 4.78 is 10.6. The van der Waals surface area contributed by atoms with Crippen molar-refractivity contribution in [1.29, 1.82) is 5.26 Å². The van der Waals surface area contributed by atoms with Crippen LogP contribution >= 0.6 is 11.6 Å². The fraction of sp³-hybridized carbons (Fsp3) is 0.182. The molecule has 0 aliphatic rings. The van der Waals surface area contributed by atoms with E-state index in [1.807, 2.05) is 6.92 Å². The molecule has 152 valence electrons. The lowest BCUT2D eigenvalue weighted by Crippen LogP contribution is -2.11. The van der Waals surface area contributed by atoms with Gasteiger partial charge in [0, 0.05) is 27.7 Å². The molecule has 1 heterocycles. The molecule has 3 aromatic rings. The average Bonchev–Trinajstić information content (AvgIpc) is 2.72. The summed E-state index contributed by atoms with van der Waals surface area (Å²) in [7, 11) is 0. The summed E-state index contributed by atoms with van der Waals surface area (Å²) in [6.45, 7) is 1.81. The number of rotatable bonds is 6. The quantitative estimate of drug-likeness (QED) is 0.468. The Kier molecular flexibility index (Phi) is 6.50. The summed E-state index contributed by atoms with van der Waals surface area (Å²) in [6.07, 6.45) is 0.428. The molecule has 0 spiro atoms. The minimum absolute atomic E-state index is 0.136. The van der Waals surface area contributed by atoms with Crippen LogP contribution in [0.4, 0.5) is 5.69 Å². The number of amides is 1. The summed E-state index contributed by atoms with van der Waals surface area (Å²) >= 11 is 6.27. The van der Waals surface area contributed by atoms with Crippen molar-refractivity contribution >= 4 is 40.1 Å². The monoisotopic (exact) mass is 424 g/mol. The molecule has 1 N–H and O–H groups in total. The van der Waals surface area contributed by atoms with Crippen LogP contribution in [0.2, 0.25) is 5.02 Å². The highest BCUT2D eigenvalue weighted by atomic mass is 35.5. The molecule has 1 aromatic heterocycles. The number of aryl methyl sites for hydroxylation is 1. The van der Waals surface area contributed by atoms with E-state index in [0.29, 0.717) is 33.7 Å². The van der Waals surface area contributed by atoms with Crippen molar-refractivity contribution in [3.8, 4) is 6.07 Å². The maximum absolute atomic E-state index is 12.4. The van der Waals surface area contributed by atoms with Gasteiger partial charge in [0.25, 0.3) is 0 Å². The zero-order valence-corrected chi connectivity index (χ0v) is 16.8. The van der Waals surface area contributed by atoms with Gasteiger partial charge in [-0.2, -0.15) is 5.26 Å². The number of anilines is 1. The van der Waals surface area contributed by atoms with Crippen LogP contribution in [0.1, 0.15) is 34.8 Å². The first kappa shape index (κ1) is 21.1. The molecule has 30 heavy (non-hydrogen) atoms. The van der Waals surface area contributed by atoms with Gasteiger partial charge in [-0.3, -0.25) is 4.79 Å². The molecule has 2 aromatic carbocycles. The van der Waals surface area contributed by atoms with Gasteiger partial charge in [-0.05, 0) is 48.4 Å². The van der Waals surface area contributed by atoms with E-state index in [-0.39, 0.29) is 18.6 Å². The number of benzene rings is 2. The normalized spacial score (nSPS) is 10.4. The molecule has 3 rings (SSSR count). The molecule has 0 aliphatic carbocycles. The van der Waals surface area contributed by atoms with Gasteiger partial charge in [0.1, 0.15) is 18.6 Å². The molecular formula is C22H17ClN2O5. The SMILES string of the molecule is CCc1cc2oc(=O)cc(COC(=O)c3ccc(NC(=O)CC#N)cc3)c2cc1Cl. The van der Waals surface area contributed by atoms with E-state index >= 15 is 0 Å². The second-order valence-electron chi connectivity index (χ2n) is 6.42. The molecule has 0 atom stereocenters. The molecule has 0 unspecified atom stereocenters. The van der Waals surface area contributed by atoms with E-state index in [1.54, 1.807) is 18.2 Å². The Morgan fingerprint density at radius 3 is 2.57 bits per heavy atom. The maximum atomic E-state index is 12.4. The zero-order chi connectivity index (χ0) is 21.7. The van der Waals surface area contributed by atoms with Crippen LogP contribution in [0.5, 0.6) is 0 Å². The number of halogens is 1. The first-order valence-corrected chi connectivity index (χ1v) is 9.48. The van der Waals surface area contributed by atoms with Crippen LogP contribution in [0.15, 0.2) is 51.7 Å². The number of nitrogens with one attached hydrogen (secondary N) is 1. The van der Waals surface area contributed by atoms with E-state index in [1.165, 1.54) is 30.3 Å². The van der Waals surface area contributed by atoms with E-state index in [4.69, 9.17) is 26.0 Å².